The Morgan fingerprint density at radius 3 is 2.50 bits per heavy atom. The molecule has 0 radical (unpaired) electrons. The summed E-state index contributed by atoms with van der Waals surface area (Å²) >= 11 is 0. The molecule has 0 aliphatic heterocycles. The molecule has 20 heavy (non-hydrogen) atoms. The van der Waals surface area contributed by atoms with Gasteiger partial charge in [0.1, 0.15) is 0 Å². The summed E-state index contributed by atoms with van der Waals surface area (Å²) in [5.74, 6) is 0.0191. The second kappa shape index (κ2) is 6.24. The molecule has 3 N–H and O–H groups in total. The van der Waals surface area contributed by atoms with E-state index in [-0.39, 0.29) is 5.91 Å². The van der Waals surface area contributed by atoms with Gasteiger partial charge in [0.15, 0.2) is 0 Å². The third-order valence-corrected chi connectivity index (χ3v) is 3.46. The first kappa shape index (κ1) is 14.1. The molecule has 3 nitrogen and oxygen atoms in total. The largest absolute Gasteiger partial charge is 0.398 e. The molecule has 2 aromatic carbocycles. The highest BCUT2D eigenvalue weighted by atomic mass is 16.1. The number of carbonyl (C=O) groups excluding carboxylic acids is 1. The van der Waals surface area contributed by atoms with Gasteiger partial charge < -0.3 is 11.1 Å². The van der Waals surface area contributed by atoms with Gasteiger partial charge in [-0.2, -0.15) is 0 Å². The van der Waals surface area contributed by atoms with Crippen molar-refractivity contribution in [3.8, 4) is 0 Å². The predicted octanol–water partition coefficient (Wildman–Crippen LogP) is 3.46. The van der Waals surface area contributed by atoms with Gasteiger partial charge in [0.25, 0.3) is 0 Å². The number of anilines is 2. The van der Waals surface area contributed by atoms with Gasteiger partial charge in [0.2, 0.25) is 5.91 Å². The zero-order valence-electron chi connectivity index (χ0n) is 11.9. The molecule has 0 heterocycles. The molecule has 0 atom stereocenters. The monoisotopic (exact) mass is 268 g/mol. The van der Waals surface area contributed by atoms with Crippen LogP contribution in [0.1, 0.15) is 23.1 Å². The van der Waals surface area contributed by atoms with Crippen LogP contribution in [0, 0.1) is 13.8 Å². The third kappa shape index (κ3) is 3.38. The molecular formula is C17H20N2O. The Morgan fingerprint density at radius 1 is 1.10 bits per heavy atom. The molecule has 0 aliphatic carbocycles. The van der Waals surface area contributed by atoms with Crippen LogP contribution in [0.3, 0.4) is 0 Å². The van der Waals surface area contributed by atoms with E-state index >= 15 is 0 Å². The fraction of sp³-hybridized carbons (Fsp3) is 0.235. The number of rotatable bonds is 4. The number of nitrogen functional groups attached to an aromatic ring is 1. The third-order valence-electron chi connectivity index (χ3n) is 3.46. The molecule has 3 heteroatoms. The number of nitrogens with two attached hydrogens (primary N) is 1. The Labute approximate surface area is 119 Å². The van der Waals surface area contributed by atoms with E-state index in [9.17, 15) is 4.79 Å². The van der Waals surface area contributed by atoms with E-state index in [1.165, 1.54) is 5.56 Å². The molecule has 0 spiro atoms. The summed E-state index contributed by atoms with van der Waals surface area (Å²) in [6, 6.07) is 13.8. The molecule has 2 rings (SSSR count). The van der Waals surface area contributed by atoms with E-state index < -0.39 is 0 Å². The highest BCUT2D eigenvalue weighted by Gasteiger charge is 2.09. The minimum atomic E-state index is 0.0191. The second-order valence-electron chi connectivity index (χ2n) is 5.01. The van der Waals surface area contributed by atoms with Gasteiger partial charge in [-0.05, 0) is 43.0 Å². The minimum absolute atomic E-state index is 0.0191. The van der Waals surface area contributed by atoms with E-state index in [1.807, 2.05) is 56.3 Å². The van der Waals surface area contributed by atoms with Crippen LogP contribution < -0.4 is 11.1 Å². The lowest BCUT2D eigenvalue weighted by Gasteiger charge is -2.13. The molecule has 1 amide bonds. The molecule has 0 saturated heterocycles. The van der Waals surface area contributed by atoms with E-state index in [4.69, 9.17) is 5.73 Å². The van der Waals surface area contributed by atoms with Gasteiger partial charge in [0.05, 0.1) is 0 Å². The Bertz CT molecular complexity index is 606. The Balaban J connectivity index is 2.00. The number of carbonyl (C=O) groups is 1. The van der Waals surface area contributed by atoms with Crippen LogP contribution >= 0.6 is 0 Å². The summed E-state index contributed by atoms with van der Waals surface area (Å²) in [5, 5.41) is 2.97. The van der Waals surface area contributed by atoms with Crippen LogP contribution in [-0.2, 0) is 11.2 Å². The van der Waals surface area contributed by atoms with E-state index in [0.29, 0.717) is 12.1 Å². The lowest BCUT2D eigenvalue weighted by Crippen LogP contribution is -2.14. The maximum Gasteiger partial charge on any atom is 0.224 e. The maximum absolute atomic E-state index is 12.0. The summed E-state index contributed by atoms with van der Waals surface area (Å²) in [5.41, 5.74) is 10.5. The summed E-state index contributed by atoms with van der Waals surface area (Å²) in [6.45, 7) is 3.90. The number of benzene rings is 2. The van der Waals surface area contributed by atoms with Crippen molar-refractivity contribution in [2.24, 2.45) is 0 Å². The van der Waals surface area contributed by atoms with Gasteiger partial charge in [-0.1, -0.05) is 36.4 Å². The van der Waals surface area contributed by atoms with E-state index in [0.717, 1.165) is 23.2 Å². The normalized spacial score (nSPS) is 10.3. The Hall–Kier alpha value is -2.29. The highest BCUT2D eigenvalue weighted by Crippen LogP contribution is 2.25. The van der Waals surface area contributed by atoms with Gasteiger partial charge in [-0.25, -0.2) is 0 Å². The molecule has 0 aliphatic rings. The fourth-order valence-corrected chi connectivity index (χ4v) is 2.16. The van der Waals surface area contributed by atoms with Crippen molar-refractivity contribution < 1.29 is 4.79 Å². The average molecular weight is 268 g/mol. The second-order valence-corrected chi connectivity index (χ2v) is 5.01. The molecule has 104 valence electrons. The van der Waals surface area contributed by atoms with Gasteiger partial charge in [-0.15, -0.1) is 0 Å². The number of hydrogen-bond acceptors (Lipinski definition) is 2. The van der Waals surface area contributed by atoms with Crippen molar-refractivity contribution in [3.63, 3.8) is 0 Å². The molecule has 0 bridgehead atoms. The van der Waals surface area contributed by atoms with E-state index in [1.54, 1.807) is 0 Å². The molecule has 0 saturated carbocycles. The fourth-order valence-electron chi connectivity index (χ4n) is 2.16. The smallest absolute Gasteiger partial charge is 0.224 e. The lowest BCUT2D eigenvalue weighted by atomic mass is 10.1. The van der Waals surface area contributed by atoms with Crippen molar-refractivity contribution in [1.82, 2.24) is 0 Å². The Kier molecular flexibility index (Phi) is 4.41. The predicted molar refractivity (Wildman–Crippen MR) is 83.7 cm³/mol. The van der Waals surface area contributed by atoms with Gasteiger partial charge >= 0.3 is 0 Å². The summed E-state index contributed by atoms with van der Waals surface area (Å²) in [4.78, 5) is 12.0. The van der Waals surface area contributed by atoms with Crippen molar-refractivity contribution in [1.29, 1.82) is 0 Å². The summed E-state index contributed by atoms with van der Waals surface area (Å²) < 4.78 is 0. The number of hydrogen-bond donors (Lipinski definition) is 2. The van der Waals surface area contributed by atoms with Gasteiger partial charge in [0, 0.05) is 17.8 Å². The van der Waals surface area contributed by atoms with Crippen molar-refractivity contribution in [2.45, 2.75) is 26.7 Å². The Morgan fingerprint density at radius 2 is 1.80 bits per heavy atom. The molecule has 2 aromatic rings. The zero-order valence-corrected chi connectivity index (χ0v) is 11.9. The number of aryl methyl sites for hydroxylation is 2. The number of nitrogens with one attached hydrogen (secondary N) is 1. The molecule has 0 fully saturated rings. The van der Waals surface area contributed by atoms with Crippen LogP contribution in [0.2, 0.25) is 0 Å². The van der Waals surface area contributed by atoms with Crippen molar-refractivity contribution in [3.05, 3.63) is 59.2 Å². The van der Waals surface area contributed by atoms with Crippen molar-refractivity contribution >= 4 is 17.3 Å². The van der Waals surface area contributed by atoms with Crippen LogP contribution in [0.25, 0.3) is 0 Å². The van der Waals surface area contributed by atoms with Crippen LogP contribution in [0.5, 0.6) is 0 Å². The molecule has 0 unspecified atom stereocenters. The standard InChI is InChI=1S/C17H20N2O/c1-12-8-10-15(18)13(2)17(12)19-16(20)11-9-14-6-4-3-5-7-14/h3-8,10H,9,11,18H2,1-2H3,(H,19,20). The molecule has 0 aromatic heterocycles. The number of amides is 1. The lowest BCUT2D eigenvalue weighted by molar-refractivity contribution is -0.116. The SMILES string of the molecule is Cc1ccc(N)c(C)c1NC(=O)CCc1ccccc1. The first-order chi connectivity index (χ1) is 9.58. The summed E-state index contributed by atoms with van der Waals surface area (Å²) in [6.07, 6.45) is 1.21. The highest BCUT2D eigenvalue weighted by molar-refractivity contribution is 5.93. The van der Waals surface area contributed by atoms with Crippen molar-refractivity contribution in [2.75, 3.05) is 11.1 Å². The topological polar surface area (TPSA) is 55.1 Å². The quantitative estimate of drug-likeness (QED) is 0.834. The van der Waals surface area contributed by atoms with Crippen LogP contribution in [-0.4, -0.2) is 5.91 Å². The average Bonchev–Trinajstić information content (AvgIpc) is 2.46. The van der Waals surface area contributed by atoms with Gasteiger partial charge in [-0.3, -0.25) is 4.79 Å². The maximum atomic E-state index is 12.0. The summed E-state index contributed by atoms with van der Waals surface area (Å²) in [7, 11) is 0. The zero-order chi connectivity index (χ0) is 14.5. The first-order valence-corrected chi connectivity index (χ1v) is 6.77. The first-order valence-electron chi connectivity index (χ1n) is 6.77. The van der Waals surface area contributed by atoms with Crippen LogP contribution in [0.15, 0.2) is 42.5 Å². The minimum Gasteiger partial charge on any atom is -0.398 e. The van der Waals surface area contributed by atoms with Crippen LogP contribution in [0.4, 0.5) is 11.4 Å². The van der Waals surface area contributed by atoms with E-state index in [2.05, 4.69) is 5.32 Å². The molecular weight excluding hydrogens is 248 g/mol.